The van der Waals surface area contributed by atoms with E-state index < -0.39 is 0 Å². The van der Waals surface area contributed by atoms with Gasteiger partial charge in [-0.25, -0.2) is 0 Å². The van der Waals surface area contributed by atoms with Crippen LogP contribution in [-0.2, 0) is 13.0 Å². The van der Waals surface area contributed by atoms with Crippen molar-refractivity contribution in [2.45, 2.75) is 13.0 Å². The minimum absolute atomic E-state index is 0.382. The van der Waals surface area contributed by atoms with Crippen LogP contribution in [-0.4, -0.2) is 11.5 Å². The van der Waals surface area contributed by atoms with E-state index in [2.05, 4.69) is 16.3 Å². The largest absolute Gasteiger partial charge is 0.389 e. The quantitative estimate of drug-likeness (QED) is 0.860. The molecule has 19 heavy (non-hydrogen) atoms. The molecule has 0 amide bonds. The lowest BCUT2D eigenvalue weighted by Crippen LogP contribution is -2.29. The zero-order chi connectivity index (χ0) is 13.4. The summed E-state index contributed by atoms with van der Waals surface area (Å²) < 4.78 is 0. The number of thiocarbonyl (C=S) groups is 1. The van der Waals surface area contributed by atoms with Gasteiger partial charge in [0.25, 0.3) is 0 Å². The third kappa shape index (κ3) is 2.48. The van der Waals surface area contributed by atoms with Crippen LogP contribution in [0.3, 0.4) is 0 Å². The molecule has 98 valence electrons. The SMILES string of the molecule is NC(=S)c1ccc(N2CCc3sccc3C2)c(Cl)c1. The van der Waals surface area contributed by atoms with Gasteiger partial charge in [0.1, 0.15) is 4.99 Å². The molecule has 0 saturated carbocycles. The number of anilines is 1. The summed E-state index contributed by atoms with van der Waals surface area (Å²) in [7, 11) is 0. The molecular weight excluding hydrogens is 296 g/mol. The van der Waals surface area contributed by atoms with E-state index in [1.165, 1.54) is 10.4 Å². The molecule has 3 rings (SSSR count). The minimum atomic E-state index is 0.382. The highest BCUT2D eigenvalue weighted by Gasteiger charge is 2.19. The van der Waals surface area contributed by atoms with Crippen LogP contribution >= 0.6 is 35.2 Å². The number of thiophene rings is 1. The van der Waals surface area contributed by atoms with Crippen LogP contribution in [0.15, 0.2) is 29.6 Å². The van der Waals surface area contributed by atoms with Gasteiger partial charge in [0, 0.05) is 23.5 Å². The molecule has 0 radical (unpaired) electrons. The summed E-state index contributed by atoms with van der Waals surface area (Å²) in [6.07, 6.45) is 1.08. The van der Waals surface area contributed by atoms with E-state index in [0.717, 1.165) is 30.8 Å². The first kappa shape index (κ1) is 12.9. The molecule has 1 aromatic heterocycles. The van der Waals surface area contributed by atoms with E-state index in [4.69, 9.17) is 29.6 Å². The van der Waals surface area contributed by atoms with Crippen molar-refractivity contribution in [3.05, 3.63) is 50.7 Å². The van der Waals surface area contributed by atoms with Gasteiger partial charge in [0.05, 0.1) is 10.7 Å². The smallest absolute Gasteiger partial charge is 0.104 e. The van der Waals surface area contributed by atoms with Crippen molar-refractivity contribution in [3.8, 4) is 0 Å². The van der Waals surface area contributed by atoms with Crippen LogP contribution in [0.4, 0.5) is 5.69 Å². The van der Waals surface area contributed by atoms with Crippen LogP contribution in [0.2, 0.25) is 5.02 Å². The summed E-state index contributed by atoms with van der Waals surface area (Å²) in [5.41, 5.74) is 8.90. The standard InChI is InChI=1S/C14H13ClN2S2/c15-11-7-9(14(16)18)1-2-12(11)17-5-3-13-10(8-17)4-6-19-13/h1-2,4,6-7H,3,5,8H2,(H2,16,18). The van der Waals surface area contributed by atoms with Crippen molar-refractivity contribution in [2.24, 2.45) is 5.73 Å². The summed E-state index contributed by atoms with van der Waals surface area (Å²) in [4.78, 5) is 4.18. The average molecular weight is 309 g/mol. The molecule has 0 saturated heterocycles. The maximum Gasteiger partial charge on any atom is 0.104 e. The number of nitrogens with zero attached hydrogens (tertiary/aromatic N) is 1. The second kappa shape index (κ2) is 5.12. The molecule has 0 unspecified atom stereocenters. The third-order valence-corrected chi connectivity index (χ3v) is 4.94. The van der Waals surface area contributed by atoms with Gasteiger partial charge in [-0.1, -0.05) is 23.8 Å². The van der Waals surface area contributed by atoms with Crippen molar-refractivity contribution in [2.75, 3.05) is 11.4 Å². The van der Waals surface area contributed by atoms with Gasteiger partial charge in [0.2, 0.25) is 0 Å². The summed E-state index contributed by atoms with van der Waals surface area (Å²) in [5.74, 6) is 0. The highest BCUT2D eigenvalue weighted by atomic mass is 35.5. The van der Waals surface area contributed by atoms with Crippen LogP contribution in [0.1, 0.15) is 16.0 Å². The average Bonchev–Trinajstić information content (AvgIpc) is 2.85. The lowest BCUT2D eigenvalue weighted by atomic mass is 10.1. The second-order valence-corrected chi connectivity index (χ2v) is 6.42. The summed E-state index contributed by atoms with van der Waals surface area (Å²) >= 11 is 13.2. The maximum absolute atomic E-state index is 6.35. The Balaban J connectivity index is 1.90. The van der Waals surface area contributed by atoms with E-state index in [1.54, 1.807) is 0 Å². The molecule has 1 aliphatic heterocycles. The molecule has 2 nitrogen and oxygen atoms in total. The number of rotatable bonds is 2. The number of nitrogens with two attached hydrogens (primary N) is 1. The third-order valence-electron chi connectivity index (χ3n) is 3.38. The maximum atomic E-state index is 6.35. The number of fused-ring (bicyclic) bond motifs is 1. The van der Waals surface area contributed by atoms with Gasteiger partial charge in [-0.15, -0.1) is 11.3 Å². The first-order valence-corrected chi connectivity index (χ1v) is 7.71. The Morgan fingerprint density at radius 1 is 1.37 bits per heavy atom. The normalized spacial score (nSPS) is 14.3. The summed E-state index contributed by atoms with van der Waals surface area (Å²) in [5, 5.41) is 2.87. The fraction of sp³-hybridized carbons (Fsp3) is 0.214. The first-order valence-electron chi connectivity index (χ1n) is 6.04. The Morgan fingerprint density at radius 2 is 2.21 bits per heavy atom. The number of hydrogen-bond acceptors (Lipinski definition) is 3. The number of halogens is 1. The zero-order valence-corrected chi connectivity index (χ0v) is 12.6. The first-order chi connectivity index (χ1) is 9.15. The molecule has 1 aliphatic rings. The predicted molar refractivity (Wildman–Crippen MR) is 86.4 cm³/mol. The van der Waals surface area contributed by atoms with E-state index in [9.17, 15) is 0 Å². The Hall–Kier alpha value is -1.10. The topological polar surface area (TPSA) is 29.3 Å². The Bertz CT molecular complexity index is 636. The van der Waals surface area contributed by atoms with Gasteiger partial charge >= 0.3 is 0 Å². The highest BCUT2D eigenvalue weighted by molar-refractivity contribution is 7.80. The molecular formula is C14H13ClN2S2. The van der Waals surface area contributed by atoms with Gasteiger partial charge in [-0.3, -0.25) is 0 Å². The van der Waals surface area contributed by atoms with Gasteiger partial charge < -0.3 is 10.6 Å². The Morgan fingerprint density at radius 3 is 2.95 bits per heavy atom. The minimum Gasteiger partial charge on any atom is -0.389 e. The fourth-order valence-electron chi connectivity index (χ4n) is 2.37. The molecule has 2 heterocycles. The van der Waals surface area contributed by atoms with Gasteiger partial charge in [-0.05, 0) is 41.6 Å². The van der Waals surface area contributed by atoms with Crippen LogP contribution < -0.4 is 10.6 Å². The number of benzene rings is 1. The molecule has 1 aromatic carbocycles. The molecule has 5 heteroatoms. The zero-order valence-electron chi connectivity index (χ0n) is 10.2. The summed E-state index contributed by atoms with van der Waals surface area (Å²) in [6, 6.07) is 7.99. The van der Waals surface area contributed by atoms with E-state index in [-0.39, 0.29) is 0 Å². The second-order valence-electron chi connectivity index (χ2n) is 4.57. The van der Waals surface area contributed by atoms with Crippen molar-refractivity contribution in [1.29, 1.82) is 0 Å². The molecule has 0 fully saturated rings. The number of hydrogen-bond donors (Lipinski definition) is 1. The lowest BCUT2D eigenvalue weighted by molar-refractivity contribution is 0.744. The van der Waals surface area contributed by atoms with Gasteiger partial charge in [0.15, 0.2) is 0 Å². The summed E-state index contributed by atoms with van der Waals surface area (Å²) in [6.45, 7) is 1.92. The monoisotopic (exact) mass is 308 g/mol. The highest BCUT2D eigenvalue weighted by Crippen LogP contribution is 2.32. The molecule has 2 N–H and O–H groups in total. The van der Waals surface area contributed by atoms with E-state index >= 15 is 0 Å². The van der Waals surface area contributed by atoms with Crippen molar-refractivity contribution in [1.82, 2.24) is 0 Å². The molecule has 2 aromatic rings. The molecule has 0 bridgehead atoms. The Kier molecular flexibility index (Phi) is 3.48. The van der Waals surface area contributed by atoms with Crippen LogP contribution in [0.5, 0.6) is 0 Å². The van der Waals surface area contributed by atoms with Gasteiger partial charge in [-0.2, -0.15) is 0 Å². The van der Waals surface area contributed by atoms with Crippen LogP contribution in [0.25, 0.3) is 0 Å². The molecule has 0 atom stereocenters. The van der Waals surface area contributed by atoms with E-state index in [1.807, 2.05) is 29.5 Å². The molecule has 0 aliphatic carbocycles. The van der Waals surface area contributed by atoms with Crippen molar-refractivity contribution < 1.29 is 0 Å². The Labute approximate surface area is 126 Å². The lowest BCUT2D eigenvalue weighted by Gasteiger charge is -2.30. The van der Waals surface area contributed by atoms with E-state index in [0.29, 0.717) is 10.0 Å². The molecule has 0 spiro atoms. The predicted octanol–water partition coefficient (Wildman–Crippen LogP) is 3.60. The van der Waals surface area contributed by atoms with Crippen molar-refractivity contribution >= 4 is 45.8 Å². The van der Waals surface area contributed by atoms with Crippen molar-refractivity contribution in [3.63, 3.8) is 0 Å². The fourth-order valence-corrected chi connectivity index (χ4v) is 3.69. The van der Waals surface area contributed by atoms with Crippen LogP contribution in [0, 0.1) is 0 Å².